The van der Waals surface area contributed by atoms with Crippen LogP contribution in [0.5, 0.6) is 5.75 Å². The van der Waals surface area contributed by atoms with Gasteiger partial charge in [0.25, 0.3) is 0 Å². The predicted molar refractivity (Wildman–Crippen MR) is 85.2 cm³/mol. The van der Waals surface area contributed by atoms with E-state index in [1.54, 1.807) is 12.1 Å². The monoisotopic (exact) mass is 295 g/mol. The molecule has 1 aliphatic rings. The van der Waals surface area contributed by atoms with E-state index in [9.17, 15) is 5.11 Å². The van der Waals surface area contributed by atoms with Crippen molar-refractivity contribution in [2.45, 2.75) is 0 Å². The summed E-state index contributed by atoms with van der Waals surface area (Å²) in [6.45, 7) is 4.04. The van der Waals surface area contributed by atoms with E-state index in [0.717, 1.165) is 43.2 Å². The molecule has 0 amide bonds. The Labute approximate surface area is 128 Å². The SMILES string of the molecule is Oc1ccc(-c2nnc3cc(N4CCNCC4)ccn23)cc1. The molecule has 2 aromatic heterocycles. The Bertz CT molecular complexity index is 790. The smallest absolute Gasteiger partial charge is 0.168 e. The lowest BCUT2D eigenvalue weighted by atomic mass is 10.2. The van der Waals surface area contributed by atoms with Crippen molar-refractivity contribution in [2.24, 2.45) is 0 Å². The van der Waals surface area contributed by atoms with Crippen LogP contribution in [0.1, 0.15) is 0 Å². The molecule has 0 unspecified atom stereocenters. The Morgan fingerprint density at radius 3 is 2.55 bits per heavy atom. The Kier molecular flexibility index (Phi) is 3.16. The summed E-state index contributed by atoms with van der Waals surface area (Å²) in [5.74, 6) is 1.03. The molecule has 1 fully saturated rings. The second-order valence-electron chi connectivity index (χ2n) is 5.42. The summed E-state index contributed by atoms with van der Waals surface area (Å²) < 4.78 is 1.97. The quantitative estimate of drug-likeness (QED) is 0.750. The fraction of sp³-hybridized carbons (Fsp3) is 0.250. The van der Waals surface area contributed by atoms with Gasteiger partial charge in [0.1, 0.15) is 5.75 Å². The van der Waals surface area contributed by atoms with E-state index in [2.05, 4.69) is 32.5 Å². The first-order valence-electron chi connectivity index (χ1n) is 7.41. The van der Waals surface area contributed by atoms with Crippen molar-refractivity contribution in [3.8, 4) is 17.1 Å². The van der Waals surface area contributed by atoms with Crippen LogP contribution in [-0.2, 0) is 0 Å². The summed E-state index contributed by atoms with van der Waals surface area (Å²) >= 11 is 0. The molecule has 3 aromatic rings. The van der Waals surface area contributed by atoms with Gasteiger partial charge in [0, 0.05) is 49.7 Å². The number of rotatable bonds is 2. The lowest BCUT2D eigenvalue weighted by Crippen LogP contribution is -2.43. The summed E-state index contributed by atoms with van der Waals surface area (Å²) in [5, 5.41) is 21.3. The van der Waals surface area contributed by atoms with Gasteiger partial charge in [0.15, 0.2) is 11.5 Å². The Hall–Kier alpha value is -2.60. The highest BCUT2D eigenvalue weighted by molar-refractivity contribution is 5.63. The van der Waals surface area contributed by atoms with Crippen LogP contribution in [-0.4, -0.2) is 45.9 Å². The first-order chi connectivity index (χ1) is 10.8. The van der Waals surface area contributed by atoms with Crippen LogP contribution < -0.4 is 10.2 Å². The zero-order chi connectivity index (χ0) is 14.9. The van der Waals surface area contributed by atoms with Crippen molar-refractivity contribution in [3.63, 3.8) is 0 Å². The van der Waals surface area contributed by atoms with E-state index in [4.69, 9.17) is 0 Å². The number of pyridine rings is 1. The van der Waals surface area contributed by atoms with Gasteiger partial charge in [-0.25, -0.2) is 0 Å². The fourth-order valence-electron chi connectivity index (χ4n) is 2.81. The number of hydrogen-bond donors (Lipinski definition) is 2. The number of anilines is 1. The molecule has 0 radical (unpaired) electrons. The zero-order valence-electron chi connectivity index (χ0n) is 12.1. The summed E-state index contributed by atoms with van der Waals surface area (Å²) in [4.78, 5) is 2.35. The number of fused-ring (bicyclic) bond motifs is 1. The number of benzene rings is 1. The molecule has 0 aliphatic carbocycles. The molecule has 112 valence electrons. The molecule has 0 saturated carbocycles. The van der Waals surface area contributed by atoms with Gasteiger partial charge in [0.2, 0.25) is 0 Å². The number of hydrogen-bond acceptors (Lipinski definition) is 5. The van der Waals surface area contributed by atoms with Crippen LogP contribution in [0, 0.1) is 0 Å². The Balaban J connectivity index is 1.72. The van der Waals surface area contributed by atoms with E-state index >= 15 is 0 Å². The number of phenols is 1. The van der Waals surface area contributed by atoms with Crippen molar-refractivity contribution in [1.82, 2.24) is 19.9 Å². The van der Waals surface area contributed by atoms with Gasteiger partial charge in [-0.3, -0.25) is 4.40 Å². The lowest BCUT2D eigenvalue weighted by molar-refractivity contribution is 0.475. The van der Waals surface area contributed by atoms with Crippen LogP contribution in [0.15, 0.2) is 42.6 Å². The number of aromatic hydroxyl groups is 1. The van der Waals surface area contributed by atoms with Crippen LogP contribution in [0.25, 0.3) is 17.0 Å². The highest BCUT2D eigenvalue weighted by Crippen LogP contribution is 2.23. The first kappa shape index (κ1) is 13.1. The van der Waals surface area contributed by atoms with E-state index < -0.39 is 0 Å². The van der Waals surface area contributed by atoms with Crippen LogP contribution >= 0.6 is 0 Å². The van der Waals surface area contributed by atoms with Gasteiger partial charge >= 0.3 is 0 Å². The standard InChI is InChI=1S/C16H17N5O/c22-14-3-1-12(2-4-14)16-19-18-15-11-13(5-8-21(15)16)20-9-6-17-7-10-20/h1-5,8,11,17,22H,6-7,9-10H2. The van der Waals surface area contributed by atoms with Gasteiger partial charge < -0.3 is 15.3 Å². The van der Waals surface area contributed by atoms with Crippen molar-refractivity contribution < 1.29 is 5.11 Å². The Morgan fingerprint density at radius 2 is 1.77 bits per heavy atom. The largest absolute Gasteiger partial charge is 0.508 e. The summed E-state index contributed by atoms with van der Waals surface area (Å²) in [6, 6.07) is 11.2. The van der Waals surface area contributed by atoms with Gasteiger partial charge in [-0.05, 0) is 30.3 Å². The number of piperazine rings is 1. The third-order valence-corrected chi connectivity index (χ3v) is 4.00. The first-order valence-corrected chi connectivity index (χ1v) is 7.41. The maximum atomic E-state index is 9.39. The molecule has 6 heteroatoms. The third-order valence-electron chi connectivity index (χ3n) is 4.00. The predicted octanol–water partition coefficient (Wildman–Crippen LogP) is 1.51. The molecule has 6 nitrogen and oxygen atoms in total. The van der Waals surface area contributed by atoms with Gasteiger partial charge in [-0.1, -0.05) is 0 Å². The minimum Gasteiger partial charge on any atom is -0.508 e. The molecule has 2 N–H and O–H groups in total. The summed E-state index contributed by atoms with van der Waals surface area (Å²) in [6.07, 6.45) is 2.01. The topological polar surface area (TPSA) is 65.7 Å². The fourth-order valence-corrected chi connectivity index (χ4v) is 2.81. The molecule has 22 heavy (non-hydrogen) atoms. The highest BCUT2D eigenvalue weighted by Gasteiger charge is 2.13. The van der Waals surface area contributed by atoms with Gasteiger partial charge in [-0.15, -0.1) is 10.2 Å². The zero-order valence-corrected chi connectivity index (χ0v) is 12.1. The second-order valence-corrected chi connectivity index (χ2v) is 5.42. The van der Waals surface area contributed by atoms with E-state index in [1.165, 1.54) is 5.69 Å². The average Bonchev–Trinajstić information content (AvgIpc) is 2.99. The highest BCUT2D eigenvalue weighted by atomic mass is 16.3. The van der Waals surface area contributed by atoms with Crippen molar-refractivity contribution in [1.29, 1.82) is 0 Å². The number of phenolic OH excluding ortho intramolecular Hbond substituents is 1. The minimum atomic E-state index is 0.249. The molecule has 0 atom stereocenters. The molecular formula is C16H17N5O. The Morgan fingerprint density at radius 1 is 1.00 bits per heavy atom. The van der Waals surface area contributed by atoms with E-state index in [0.29, 0.717) is 0 Å². The maximum absolute atomic E-state index is 9.39. The van der Waals surface area contributed by atoms with Crippen molar-refractivity contribution in [2.75, 3.05) is 31.1 Å². The molecule has 0 spiro atoms. The lowest BCUT2D eigenvalue weighted by Gasteiger charge is -2.29. The van der Waals surface area contributed by atoms with Crippen molar-refractivity contribution >= 4 is 11.3 Å². The summed E-state index contributed by atoms with van der Waals surface area (Å²) in [5.41, 5.74) is 2.94. The van der Waals surface area contributed by atoms with Crippen LogP contribution in [0.3, 0.4) is 0 Å². The molecule has 3 heterocycles. The molecule has 1 aliphatic heterocycles. The second kappa shape index (κ2) is 5.31. The van der Waals surface area contributed by atoms with E-state index in [-0.39, 0.29) is 5.75 Å². The molecule has 1 aromatic carbocycles. The van der Waals surface area contributed by atoms with Gasteiger partial charge in [-0.2, -0.15) is 0 Å². The maximum Gasteiger partial charge on any atom is 0.168 e. The molecule has 0 bridgehead atoms. The molecule has 1 saturated heterocycles. The number of aromatic nitrogens is 3. The van der Waals surface area contributed by atoms with Crippen LogP contribution in [0.2, 0.25) is 0 Å². The summed E-state index contributed by atoms with van der Waals surface area (Å²) in [7, 11) is 0. The number of nitrogens with one attached hydrogen (secondary N) is 1. The van der Waals surface area contributed by atoms with Crippen LogP contribution in [0.4, 0.5) is 5.69 Å². The average molecular weight is 295 g/mol. The molecular weight excluding hydrogens is 278 g/mol. The normalized spacial score (nSPS) is 15.4. The van der Waals surface area contributed by atoms with E-state index in [1.807, 2.05) is 22.7 Å². The molecule has 4 rings (SSSR count). The van der Waals surface area contributed by atoms with Gasteiger partial charge in [0.05, 0.1) is 0 Å². The minimum absolute atomic E-state index is 0.249. The number of nitrogens with zero attached hydrogens (tertiary/aromatic N) is 4. The van der Waals surface area contributed by atoms with Crippen molar-refractivity contribution in [3.05, 3.63) is 42.6 Å². The third kappa shape index (κ3) is 2.27.